The summed E-state index contributed by atoms with van der Waals surface area (Å²) < 4.78 is 5.04. The van der Waals surface area contributed by atoms with Gasteiger partial charge < -0.3 is 9.84 Å². The molecule has 86 valence electrons. The average molecular weight is 247 g/mol. The van der Waals surface area contributed by atoms with E-state index in [0.717, 1.165) is 27.1 Å². The zero-order chi connectivity index (χ0) is 11.1. The quantitative estimate of drug-likeness (QED) is 0.751. The van der Waals surface area contributed by atoms with Gasteiger partial charge in [0.1, 0.15) is 5.01 Å². The van der Waals surface area contributed by atoms with E-state index in [-0.39, 0.29) is 6.61 Å². The zero-order valence-electron chi connectivity index (χ0n) is 9.15. The van der Waals surface area contributed by atoms with Crippen LogP contribution in [0, 0.1) is 0 Å². The van der Waals surface area contributed by atoms with Crippen molar-refractivity contribution in [2.75, 3.05) is 12.9 Å². The Balaban J connectivity index is 2.57. The average Bonchev–Trinajstić information content (AvgIpc) is 2.62. The summed E-state index contributed by atoms with van der Waals surface area (Å²) >= 11 is 3.47. The maximum atomic E-state index is 9.14. The molecule has 0 spiro atoms. The number of nitrogens with zero attached hydrogens (tertiary/aromatic N) is 1. The SMILES string of the molecule is CCCSCc1nc(COC)c(CO)s1. The highest BCUT2D eigenvalue weighted by Gasteiger charge is 2.09. The monoisotopic (exact) mass is 247 g/mol. The molecule has 0 atom stereocenters. The van der Waals surface area contributed by atoms with E-state index in [0.29, 0.717) is 6.61 Å². The predicted molar refractivity (Wildman–Crippen MR) is 65.2 cm³/mol. The highest BCUT2D eigenvalue weighted by molar-refractivity contribution is 7.98. The maximum Gasteiger partial charge on any atom is 0.103 e. The van der Waals surface area contributed by atoms with Crippen molar-refractivity contribution in [3.05, 3.63) is 15.6 Å². The van der Waals surface area contributed by atoms with E-state index in [1.54, 1.807) is 18.4 Å². The van der Waals surface area contributed by atoms with Crippen molar-refractivity contribution >= 4 is 23.1 Å². The highest BCUT2D eigenvalue weighted by atomic mass is 32.2. The van der Waals surface area contributed by atoms with Gasteiger partial charge in [0.15, 0.2) is 0 Å². The number of aromatic nitrogens is 1. The summed E-state index contributed by atoms with van der Waals surface area (Å²) in [4.78, 5) is 5.39. The largest absolute Gasteiger partial charge is 0.391 e. The van der Waals surface area contributed by atoms with Crippen LogP contribution in [0.3, 0.4) is 0 Å². The lowest BCUT2D eigenvalue weighted by molar-refractivity contribution is 0.178. The van der Waals surface area contributed by atoms with Gasteiger partial charge in [-0.3, -0.25) is 0 Å². The van der Waals surface area contributed by atoms with Crippen molar-refractivity contribution in [1.29, 1.82) is 0 Å². The van der Waals surface area contributed by atoms with Crippen LogP contribution in [0.5, 0.6) is 0 Å². The fraction of sp³-hybridized carbons (Fsp3) is 0.700. The molecule has 0 unspecified atom stereocenters. The molecule has 0 amide bonds. The zero-order valence-corrected chi connectivity index (χ0v) is 10.8. The number of hydrogen-bond donors (Lipinski definition) is 1. The van der Waals surface area contributed by atoms with Gasteiger partial charge in [-0.15, -0.1) is 11.3 Å². The molecule has 1 aromatic rings. The van der Waals surface area contributed by atoms with Crippen LogP contribution >= 0.6 is 23.1 Å². The van der Waals surface area contributed by atoms with Crippen LogP contribution < -0.4 is 0 Å². The first kappa shape index (κ1) is 13.0. The van der Waals surface area contributed by atoms with Crippen molar-refractivity contribution in [1.82, 2.24) is 4.98 Å². The lowest BCUT2D eigenvalue weighted by atomic mass is 10.4. The van der Waals surface area contributed by atoms with Crippen molar-refractivity contribution in [2.24, 2.45) is 0 Å². The first-order valence-corrected chi connectivity index (χ1v) is 6.93. The molecule has 0 bridgehead atoms. The Bertz CT molecular complexity index is 289. The van der Waals surface area contributed by atoms with Gasteiger partial charge >= 0.3 is 0 Å². The number of hydrogen-bond acceptors (Lipinski definition) is 5. The molecule has 0 aliphatic carbocycles. The van der Waals surface area contributed by atoms with Gasteiger partial charge in [0.05, 0.1) is 23.8 Å². The molecule has 1 heterocycles. The minimum atomic E-state index is 0.0643. The summed E-state index contributed by atoms with van der Waals surface area (Å²) in [6.45, 7) is 2.73. The van der Waals surface area contributed by atoms with Gasteiger partial charge in [-0.05, 0) is 12.2 Å². The molecular formula is C10H17NO2S2. The number of ether oxygens (including phenoxy) is 1. The first-order chi connectivity index (χ1) is 7.31. The smallest absolute Gasteiger partial charge is 0.103 e. The molecular weight excluding hydrogens is 230 g/mol. The van der Waals surface area contributed by atoms with Gasteiger partial charge in [-0.1, -0.05) is 6.92 Å². The van der Waals surface area contributed by atoms with E-state index in [1.165, 1.54) is 6.42 Å². The minimum absolute atomic E-state index is 0.0643. The highest BCUT2D eigenvalue weighted by Crippen LogP contribution is 2.23. The van der Waals surface area contributed by atoms with E-state index < -0.39 is 0 Å². The number of thioether (sulfide) groups is 1. The Morgan fingerprint density at radius 3 is 2.93 bits per heavy atom. The second-order valence-electron chi connectivity index (χ2n) is 3.12. The van der Waals surface area contributed by atoms with E-state index in [4.69, 9.17) is 9.84 Å². The number of thiazole rings is 1. The summed E-state index contributed by atoms with van der Waals surface area (Å²) in [6.07, 6.45) is 1.19. The third-order valence-electron chi connectivity index (χ3n) is 1.82. The molecule has 15 heavy (non-hydrogen) atoms. The van der Waals surface area contributed by atoms with Crippen LogP contribution in [-0.2, 0) is 23.7 Å². The molecule has 0 saturated carbocycles. The normalized spacial score (nSPS) is 10.9. The lowest BCUT2D eigenvalue weighted by Gasteiger charge is -1.95. The summed E-state index contributed by atoms with van der Waals surface area (Å²) in [5.74, 6) is 2.10. The molecule has 1 aromatic heterocycles. The first-order valence-electron chi connectivity index (χ1n) is 4.96. The van der Waals surface area contributed by atoms with E-state index in [1.807, 2.05) is 11.8 Å². The Kier molecular flexibility index (Phi) is 6.24. The molecule has 0 saturated heterocycles. The molecule has 0 fully saturated rings. The molecule has 0 aliphatic heterocycles. The molecule has 1 N–H and O–H groups in total. The Hall–Kier alpha value is -0.100. The Morgan fingerprint density at radius 1 is 1.53 bits per heavy atom. The Labute approximate surface area is 98.9 Å². The van der Waals surface area contributed by atoms with Gasteiger partial charge in [0.25, 0.3) is 0 Å². The number of aliphatic hydroxyl groups is 1. The second kappa shape index (κ2) is 7.22. The van der Waals surface area contributed by atoms with E-state index in [9.17, 15) is 0 Å². The fourth-order valence-electron chi connectivity index (χ4n) is 1.18. The van der Waals surface area contributed by atoms with Crippen LogP contribution in [0.1, 0.15) is 28.9 Å². The standard InChI is InChI=1S/C10H17NO2S2/c1-3-4-14-7-10-11-8(6-13-2)9(5-12)15-10/h12H,3-7H2,1-2H3. The molecule has 0 radical (unpaired) electrons. The second-order valence-corrected chi connectivity index (χ2v) is 5.39. The topological polar surface area (TPSA) is 42.4 Å². The molecule has 0 aliphatic rings. The number of rotatable bonds is 7. The van der Waals surface area contributed by atoms with Crippen LogP contribution in [0.2, 0.25) is 0 Å². The van der Waals surface area contributed by atoms with Crippen LogP contribution in [0.25, 0.3) is 0 Å². The van der Waals surface area contributed by atoms with E-state index in [2.05, 4.69) is 11.9 Å². The third-order valence-corrected chi connectivity index (χ3v) is 4.26. The molecule has 5 heteroatoms. The maximum absolute atomic E-state index is 9.14. The van der Waals surface area contributed by atoms with Gasteiger partial charge in [0, 0.05) is 12.9 Å². The number of methoxy groups -OCH3 is 1. The Morgan fingerprint density at radius 2 is 2.33 bits per heavy atom. The van der Waals surface area contributed by atoms with Crippen LogP contribution in [0.15, 0.2) is 0 Å². The van der Waals surface area contributed by atoms with Crippen molar-refractivity contribution in [2.45, 2.75) is 32.3 Å². The van der Waals surface area contributed by atoms with Crippen molar-refractivity contribution in [3.63, 3.8) is 0 Å². The molecule has 3 nitrogen and oxygen atoms in total. The van der Waals surface area contributed by atoms with Gasteiger partial charge in [-0.2, -0.15) is 11.8 Å². The molecule has 1 rings (SSSR count). The third kappa shape index (κ3) is 4.10. The van der Waals surface area contributed by atoms with Gasteiger partial charge in [0.2, 0.25) is 0 Å². The minimum Gasteiger partial charge on any atom is -0.391 e. The van der Waals surface area contributed by atoms with Crippen LogP contribution in [0.4, 0.5) is 0 Å². The van der Waals surface area contributed by atoms with E-state index >= 15 is 0 Å². The summed E-state index contributed by atoms with van der Waals surface area (Å²) in [7, 11) is 1.64. The number of aliphatic hydroxyl groups excluding tert-OH is 1. The van der Waals surface area contributed by atoms with Gasteiger partial charge in [-0.25, -0.2) is 4.98 Å². The fourth-order valence-corrected chi connectivity index (χ4v) is 3.06. The summed E-state index contributed by atoms with van der Waals surface area (Å²) in [5.41, 5.74) is 0.886. The predicted octanol–water partition coefficient (Wildman–Crippen LogP) is 2.43. The van der Waals surface area contributed by atoms with Crippen molar-refractivity contribution in [3.8, 4) is 0 Å². The lowest BCUT2D eigenvalue weighted by Crippen LogP contribution is -1.93. The van der Waals surface area contributed by atoms with Crippen LogP contribution in [-0.4, -0.2) is 23.0 Å². The summed E-state index contributed by atoms with van der Waals surface area (Å²) in [6, 6.07) is 0. The molecule has 0 aromatic carbocycles. The summed E-state index contributed by atoms with van der Waals surface area (Å²) in [5, 5.41) is 10.2. The van der Waals surface area contributed by atoms with Crippen molar-refractivity contribution < 1.29 is 9.84 Å².